The molecule has 120 valence electrons. The number of alkyl carbamates (subject to hydrolysis) is 1. The number of rotatable bonds is 6. The van der Waals surface area contributed by atoms with Crippen LogP contribution in [0, 0.1) is 0 Å². The Morgan fingerprint density at radius 2 is 2.10 bits per heavy atom. The third-order valence-corrected chi connectivity index (χ3v) is 4.43. The van der Waals surface area contributed by atoms with Gasteiger partial charge in [0, 0.05) is 24.4 Å². The number of halogens is 1. The lowest BCUT2D eigenvalue weighted by Gasteiger charge is -2.39. The summed E-state index contributed by atoms with van der Waals surface area (Å²) in [5, 5.41) is 1.12. The minimum absolute atomic E-state index is 0.0991. The molecule has 0 fully saturated rings. The Balaban J connectivity index is 3.23. The molecule has 21 heavy (non-hydrogen) atoms. The van der Waals surface area contributed by atoms with Crippen molar-refractivity contribution in [2.75, 3.05) is 20.3 Å². The maximum atomic E-state index is 11.8. The van der Waals surface area contributed by atoms with Gasteiger partial charge in [-0.2, -0.15) is 0 Å². The van der Waals surface area contributed by atoms with Crippen LogP contribution in [0.5, 0.6) is 0 Å². The third-order valence-electron chi connectivity index (χ3n) is 2.78. The molecule has 7 nitrogen and oxygen atoms in total. The Hall–Kier alpha value is -1.09. The van der Waals surface area contributed by atoms with Crippen molar-refractivity contribution in [3.05, 3.63) is 23.9 Å². The molecule has 1 amide bonds. The second-order valence-electron chi connectivity index (χ2n) is 4.01. The number of nitrogens with one attached hydrogen (secondary N) is 1. The molecule has 0 heterocycles. The van der Waals surface area contributed by atoms with Gasteiger partial charge in [0.05, 0.1) is 12.3 Å². The van der Waals surface area contributed by atoms with Crippen molar-refractivity contribution in [3.63, 3.8) is 0 Å². The lowest BCUT2D eigenvalue weighted by Crippen LogP contribution is -2.55. The molecule has 0 saturated carbocycles. The normalized spacial score (nSPS) is 25.3. The van der Waals surface area contributed by atoms with Crippen molar-refractivity contribution in [1.82, 2.24) is 5.32 Å². The fourth-order valence-electron chi connectivity index (χ4n) is 1.99. The number of allylic oxidation sites excluding steroid dienone is 2. The fourth-order valence-corrected chi connectivity index (χ4v) is 3.46. The van der Waals surface area contributed by atoms with Gasteiger partial charge in [-0.1, -0.05) is 12.2 Å². The summed E-state index contributed by atoms with van der Waals surface area (Å²) in [7, 11) is 2.69. The van der Waals surface area contributed by atoms with E-state index in [0.717, 1.165) is 0 Å². The number of carbonyl (C=O) groups excluding carboxylic acids is 1. The molecule has 1 aliphatic carbocycles. The summed E-state index contributed by atoms with van der Waals surface area (Å²) >= 11 is 0. The van der Waals surface area contributed by atoms with Crippen LogP contribution in [0.3, 0.4) is 0 Å². The van der Waals surface area contributed by atoms with E-state index in [1.165, 1.54) is 25.3 Å². The summed E-state index contributed by atoms with van der Waals surface area (Å²) in [4.78, 5) is 11.6. The van der Waals surface area contributed by atoms with Crippen LogP contribution < -0.4 is 5.32 Å². The molecule has 1 rings (SSSR count). The lowest BCUT2D eigenvalue weighted by atomic mass is 10.0. The van der Waals surface area contributed by atoms with E-state index in [0.29, 0.717) is 0 Å². The van der Waals surface area contributed by atoms with Gasteiger partial charge in [0.25, 0.3) is 0 Å². The highest BCUT2D eigenvalue weighted by Crippen LogP contribution is 2.35. The van der Waals surface area contributed by atoms with E-state index < -0.39 is 26.2 Å². The van der Waals surface area contributed by atoms with Crippen molar-refractivity contribution in [3.8, 4) is 0 Å². The quantitative estimate of drug-likeness (QED) is 0.582. The smallest absolute Gasteiger partial charge is 0.411 e. The largest absolute Gasteiger partial charge is 0.450 e. The summed E-state index contributed by atoms with van der Waals surface area (Å²) in [6, 6.07) is 0. The minimum Gasteiger partial charge on any atom is -0.450 e. The highest BCUT2D eigenvalue weighted by Gasteiger charge is 2.51. The van der Waals surface area contributed by atoms with Gasteiger partial charge in [0.1, 0.15) is 0 Å². The van der Waals surface area contributed by atoms with Crippen molar-refractivity contribution < 1.29 is 27.4 Å². The molecule has 9 heteroatoms. The van der Waals surface area contributed by atoms with E-state index in [9.17, 15) is 13.2 Å². The number of carbonyl (C=O) groups is 1. The first-order valence-corrected chi connectivity index (χ1v) is 8.64. The molecule has 0 radical (unpaired) electrons. The maximum Gasteiger partial charge on any atom is 0.411 e. The number of hydrogen-bond donors (Lipinski definition) is 1. The summed E-state index contributed by atoms with van der Waals surface area (Å²) in [5.41, 5.74) is 0.0991. The van der Waals surface area contributed by atoms with Crippen LogP contribution in [-0.4, -0.2) is 45.9 Å². The Labute approximate surface area is 128 Å². The molecular formula is C12H18ClNO6S. The SMILES string of the molecule is CCOC(=O)NC1=CC=CC(S(=O)(=O)Cl)C1(OC)OCC. The van der Waals surface area contributed by atoms with Crippen LogP contribution in [0.1, 0.15) is 13.8 Å². The van der Waals surface area contributed by atoms with E-state index in [1.807, 2.05) is 0 Å². The van der Waals surface area contributed by atoms with Crippen LogP contribution in [-0.2, 0) is 23.3 Å². The Morgan fingerprint density at radius 3 is 2.57 bits per heavy atom. The topological polar surface area (TPSA) is 90.9 Å². The van der Waals surface area contributed by atoms with Gasteiger partial charge in [-0.15, -0.1) is 0 Å². The zero-order chi connectivity index (χ0) is 16.1. The standard InChI is InChI=1S/C12H18ClNO6S/c1-4-19-11(15)14-9-7-6-8-10(21(13,16)17)12(9,18-3)20-5-2/h6-8,10H,4-5H2,1-3H3,(H,14,15). The predicted molar refractivity (Wildman–Crippen MR) is 77.3 cm³/mol. The first-order chi connectivity index (χ1) is 9.81. The zero-order valence-electron chi connectivity index (χ0n) is 12.0. The Morgan fingerprint density at radius 1 is 1.43 bits per heavy atom. The average Bonchev–Trinajstić information content (AvgIpc) is 2.39. The second-order valence-corrected chi connectivity index (χ2v) is 6.76. The van der Waals surface area contributed by atoms with E-state index in [2.05, 4.69) is 5.32 Å². The monoisotopic (exact) mass is 339 g/mol. The van der Waals surface area contributed by atoms with E-state index in [-0.39, 0.29) is 18.9 Å². The molecular weight excluding hydrogens is 322 g/mol. The van der Waals surface area contributed by atoms with Crippen molar-refractivity contribution in [2.45, 2.75) is 24.9 Å². The minimum atomic E-state index is -4.05. The van der Waals surface area contributed by atoms with Crippen molar-refractivity contribution >= 4 is 25.8 Å². The summed E-state index contributed by atoms with van der Waals surface area (Å²) < 4.78 is 39.1. The first-order valence-electron chi connectivity index (χ1n) is 6.27. The fraction of sp³-hybridized carbons (Fsp3) is 0.583. The summed E-state index contributed by atoms with van der Waals surface area (Å²) in [6.07, 6.45) is 3.50. The number of methoxy groups -OCH3 is 1. The average molecular weight is 340 g/mol. The van der Waals surface area contributed by atoms with Crippen LogP contribution in [0.2, 0.25) is 0 Å². The molecule has 0 bridgehead atoms. The van der Waals surface area contributed by atoms with E-state index >= 15 is 0 Å². The molecule has 2 unspecified atom stereocenters. The predicted octanol–water partition coefficient (Wildman–Crippen LogP) is 1.50. The number of amides is 1. The Kier molecular flexibility index (Phi) is 6.21. The zero-order valence-corrected chi connectivity index (χ0v) is 13.5. The molecule has 0 aliphatic heterocycles. The third kappa shape index (κ3) is 3.97. The van der Waals surface area contributed by atoms with Crippen molar-refractivity contribution in [2.24, 2.45) is 0 Å². The highest BCUT2D eigenvalue weighted by molar-refractivity contribution is 8.14. The first kappa shape index (κ1) is 18.0. The number of ether oxygens (including phenoxy) is 3. The summed E-state index contributed by atoms with van der Waals surface area (Å²) in [6.45, 7) is 3.62. The van der Waals surface area contributed by atoms with Crippen molar-refractivity contribution in [1.29, 1.82) is 0 Å². The molecule has 1 aliphatic rings. The highest BCUT2D eigenvalue weighted by atomic mass is 35.7. The van der Waals surface area contributed by atoms with Gasteiger partial charge in [0.2, 0.25) is 14.8 Å². The van der Waals surface area contributed by atoms with Gasteiger partial charge in [0.15, 0.2) is 5.25 Å². The summed E-state index contributed by atoms with van der Waals surface area (Å²) in [5.74, 6) is -1.74. The van der Waals surface area contributed by atoms with Crippen LogP contribution in [0.25, 0.3) is 0 Å². The lowest BCUT2D eigenvalue weighted by molar-refractivity contribution is -0.191. The van der Waals surface area contributed by atoms with Gasteiger partial charge in [-0.05, 0) is 19.9 Å². The van der Waals surface area contributed by atoms with Crippen LogP contribution >= 0.6 is 10.7 Å². The van der Waals surface area contributed by atoms with Gasteiger partial charge < -0.3 is 14.2 Å². The molecule has 0 aromatic rings. The Bertz CT molecular complexity index is 544. The van der Waals surface area contributed by atoms with E-state index in [1.54, 1.807) is 13.8 Å². The molecule has 1 N–H and O–H groups in total. The molecule has 0 aromatic carbocycles. The second kappa shape index (κ2) is 7.26. The van der Waals surface area contributed by atoms with Crippen LogP contribution in [0.4, 0.5) is 4.79 Å². The molecule has 0 spiro atoms. The molecule has 2 atom stereocenters. The van der Waals surface area contributed by atoms with E-state index in [4.69, 9.17) is 24.9 Å². The van der Waals surface area contributed by atoms with Gasteiger partial charge >= 0.3 is 6.09 Å². The molecule has 0 aromatic heterocycles. The van der Waals surface area contributed by atoms with Gasteiger partial charge in [-0.3, -0.25) is 5.32 Å². The molecule has 0 saturated heterocycles. The van der Waals surface area contributed by atoms with Crippen LogP contribution in [0.15, 0.2) is 23.9 Å². The van der Waals surface area contributed by atoms with Gasteiger partial charge in [-0.25, -0.2) is 13.2 Å². The maximum absolute atomic E-state index is 11.8. The number of hydrogen-bond acceptors (Lipinski definition) is 6.